The van der Waals surface area contributed by atoms with Crippen LogP contribution in [0.1, 0.15) is 10.4 Å². The molecule has 0 fully saturated rings. The molecule has 5 heteroatoms. The van der Waals surface area contributed by atoms with Gasteiger partial charge in [0, 0.05) is 20.2 Å². The normalized spacial score (nSPS) is 10.6. The van der Waals surface area contributed by atoms with Crippen LogP contribution in [0.3, 0.4) is 0 Å². The third kappa shape index (κ3) is 3.01. The van der Waals surface area contributed by atoms with E-state index in [9.17, 15) is 4.79 Å². The summed E-state index contributed by atoms with van der Waals surface area (Å²) in [5, 5.41) is 4.39. The summed E-state index contributed by atoms with van der Waals surface area (Å²) in [6.45, 7) is 0. The Morgan fingerprint density at radius 1 is 1.14 bits per heavy atom. The fourth-order valence-corrected chi connectivity index (χ4v) is 3.08. The summed E-state index contributed by atoms with van der Waals surface area (Å²) < 4.78 is 0.895. The average molecular weight is 409 g/mol. The number of pyridine rings is 1. The van der Waals surface area contributed by atoms with E-state index in [-0.39, 0.29) is 5.91 Å². The third-order valence-electron chi connectivity index (χ3n) is 3.07. The number of hydrogen-bond acceptors (Lipinski definition) is 2. The van der Waals surface area contributed by atoms with Crippen LogP contribution in [0.4, 0.5) is 5.69 Å². The first kappa shape index (κ1) is 14.3. The van der Waals surface area contributed by atoms with Crippen LogP contribution in [-0.4, -0.2) is 10.9 Å². The van der Waals surface area contributed by atoms with Gasteiger partial charge in [0.15, 0.2) is 0 Å². The van der Waals surface area contributed by atoms with E-state index in [0.29, 0.717) is 10.6 Å². The second-order valence-electron chi connectivity index (χ2n) is 4.45. The Morgan fingerprint density at radius 2 is 1.95 bits per heavy atom. The standard InChI is InChI=1S/C16H10ClIN2O/c17-10-5-6-15(13(18)9-10)20-16(21)12-7-8-19-14-4-2-1-3-11(12)14/h1-9H,(H,20,21). The van der Waals surface area contributed by atoms with Crippen molar-refractivity contribution in [2.45, 2.75) is 0 Å². The van der Waals surface area contributed by atoms with Crippen LogP contribution in [0, 0.1) is 3.57 Å². The zero-order valence-corrected chi connectivity index (χ0v) is 13.7. The number of carbonyl (C=O) groups excluding carboxylic acids is 1. The number of rotatable bonds is 2. The summed E-state index contributed by atoms with van der Waals surface area (Å²) in [7, 11) is 0. The molecular formula is C16H10ClIN2O. The van der Waals surface area contributed by atoms with Crippen LogP contribution in [0.15, 0.2) is 54.7 Å². The maximum atomic E-state index is 12.5. The molecule has 0 bridgehead atoms. The van der Waals surface area contributed by atoms with Gasteiger partial charge in [-0.25, -0.2) is 0 Å². The SMILES string of the molecule is O=C(Nc1ccc(Cl)cc1I)c1ccnc2ccccc12. The van der Waals surface area contributed by atoms with Gasteiger partial charge in [-0.15, -0.1) is 0 Å². The largest absolute Gasteiger partial charge is 0.321 e. The van der Waals surface area contributed by atoms with Crippen LogP contribution in [-0.2, 0) is 0 Å². The summed E-state index contributed by atoms with van der Waals surface area (Å²) >= 11 is 8.07. The van der Waals surface area contributed by atoms with E-state index in [2.05, 4.69) is 32.9 Å². The van der Waals surface area contributed by atoms with Crippen molar-refractivity contribution in [3.8, 4) is 0 Å². The molecule has 1 N–H and O–H groups in total. The van der Waals surface area contributed by atoms with Crippen LogP contribution >= 0.6 is 34.2 Å². The van der Waals surface area contributed by atoms with Gasteiger partial charge in [0.1, 0.15) is 0 Å². The molecule has 0 saturated heterocycles. The number of nitrogens with one attached hydrogen (secondary N) is 1. The quantitative estimate of drug-likeness (QED) is 0.622. The Balaban J connectivity index is 1.97. The number of anilines is 1. The molecule has 0 unspecified atom stereocenters. The predicted octanol–water partition coefficient (Wildman–Crippen LogP) is 4.75. The smallest absolute Gasteiger partial charge is 0.256 e. The van der Waals surface area contributed by atoms with Gasteiger partial charge in [0.2, 0.25) is 0 Å². The molecule has 0 saturated carbocycles. The zero-order chi connectivity index (χ0) is 14.8. The van der Waals surface area contributed by atoms with E-state index >= 15 is 0 Å². The number of aromatic nitrogens is 1. The van der Waals surface area contributed by atoms with Crippen molar-refractivity contribution in [2.75, 3.05) is 5.32 Å². The van der Waals surface area contributed by atoms with Gasteiger partial charge in [-0.2, -0.15) is 0 Å². The van der Waals surface area contributed by atoms with E-state index in [1.54, 1.807) is 24.4 Å². The highest BCUT2D eigenvalue weighted by molar-refractivity contribution is 14.1. The molecule has 1 amide bonds. The Kier molecular flexibility index (Phi) is 4.07. The van der Waals surface area contributed by atoms with Crippen molar-refractivity contribution < 1.29 is 4.79 Å². The molecule has 3 nitrogen and oxygen atoms in total. The van der Waals surface area contributed by atoms with Crippen LogP contribution in [0.25, 0.3) is 10.9 Å². The lowest BCUT2D eigenvalue weighted by Gasteiger charge is -2.09. The topological polar surface area (TPSA) is 42.0 Å². The lowest BCUT2D eigenvalue weighted by molar-refractivity contribution is 0.102. The van der Waals surface area contributed by atoms with Crippen molar-refractivity contribution >= 4 is 56.7 Å². The first-order valence-electron chi connectivity index (χ1n) is 6.25. The maximum absolute atomic E-state index is 12.5. The minimum Gasteiger partial charge on any atom is -0.321 e. The highest BCUT2D eigenvalue weighted by atomic mass is 127. The molecule has 1 aromatic heterocycles. The van der Waals surface area contributed by atoms with Crippen LogP contribution < -0.4 is 5.32 Å². The zero-order valence-electron chi connectivity index (χ0n) is 10.8. The van der Waals surface area contributed by atoms with Gasteiger partial charge in [-0.3, -0.25) is 9.78 Å². The first-order chi connectivity index (χ1) is 10.1. The number of amides is 1. The van der Waals surface area contributed by atoms with Crippen molar-refractivity contribution in [1.82, 2.24) is 4.98 Å². The second kappa shape index (κ2) is 5.99. The fraction of sp³-hybridized carbons (Fsp3) is 0. The molecule has 0 radical (unpaired) electrons. The molecule has 0 spiro atoms. The molecule has 0 aliphatic carbocycles. The van der Waals surface area contributed by atoms with E-state index in [1.807, 2.05) is 30.3 Å². The van der Waals surface area contributed by atoms with E-state index in [0.717, 1.165) is 20.2 Å². The Bertz CT molecular complexity index is 830. The van der Waals surface area contributed by atoms with Crippen LogP contribution in [0.5, 0.6) is 0 Å². The molecule has 3 rings (SSSR count). The van der Waals surface area contributed by atoms with Crippen molar-refractivity contribution in [3.63, 3.8) is 0 Å². The Hall–Kier alpha value is -1.66. The number of fused-ring (bicyclic) bond motifs is 1. The molecule has 0 atom stereocenters. The molecular weight excluding hydrogens is 399 g/mol. The van der Waals surface area contributed by atoms with Gasteiger partial charge in [0.05, 0.1) is 16.8 Å². The number of halogens is 2. The maximum Gasteiger partial charge on any atom is 0.256 e. The van der Waals surface area contributed by atoms with Gasteiger partial charge < -0.3 is 5.32 Å². The molecule has 104 valence electrons. The molecule has 3 aromatic rings. The fourth-order valence-electron chi connectivity index (χ4n) is 2.07. The summed E-state index contributed by atoms with van der Waals surface area (Å²) in [4.78, 5) is 16.8. The summed E-state index contributed by atoms with van der Waals surface area (Å²) in [6, 6.07) is 14.7. The summed E-state index contributed by atoms with van der Waals surface area (Å²) in [5.74, 6) is -0.158. The first-order valence-corrected chi connectivity index (χ1v) is 7.71. The molecule has 0 aliphatic heterocycles. The number of carbonyl (C=O) groups is 1. The van der Waals surface area contributed by atoms with E-state index in [1.165, 1.54) is 0 Å². The van der Waals surface area contributed by atoms with Gasteiger partial charge in [0.25, 0.3) is 5.91 Å². The summed E-state index contributed by atoms with van der Waals surface area (Å²) in [6.07, 6.45) is 1.64. The van der Waals surface area contributed by atoms with Crippen molar-refractivity contribution in [3.05, 3.63) is 68.9 Å². The Labute approximate surface area is 140 Å². The molecule has 2 aromatic carbocycles. The predicted molar refractivity (Wildman–Crippen MR) is 93.9 cm³/mol. The van der Waals surface area contributed by atoms with Gasteiger partial charge >= 0.3 is 0 Å². The molecule has 21 heavy (non-hydrogen) atoms. The highest BCUT2D eigenvalue weighted by Gasteiger charge is 2.12. The lowest BCUT2D eigenvalue weighted by Crippen LogP contribution is -2.13. The molecule has 1 heterocycles. The Morgan fingerprint density at radius 3 is 2.76 bits per heavy atom. The highest BCUT2D eigenvalue weighted by Crippen LogP contribution is 2.24. The van der Waals surface area contributed by atoms with Crippen LogP contribution in [0.2, 0.25) is 5.02 Å². The molecule has 0 aliphatic rings. The number of nitrogens with zero attached hydrogens (tertiary/aromatic N) is 1. The monoisotopic (exact) mass is 408 g/mol. The average Bonchev–Trinajstić information content (AvgIpc) is 2.49. The minimum atomic E-state index is -0.158. The number of hydrogen-bond donors (Lipinski definition) is 1. The van der Waals surface area contributed by atoms with E-state index < -0.39 is 0 Å². The number of benzene rings is 2. The lowest BCUT2D eigenvalue weighted by atomic mass is 10.1. The summed E-state index contributed by atoms with van der Waals surface area (Å²) in [5.41, 5.74) is 2.15. The van der Waals surface area contributed by atoms with E-state index in [4.69, 9.17) is 11.6 Å². The third-order valence-corrected chi connectivity index (χ3v) is 4.20. The van der Waals surface area contributed by atoms with Gasteiger partial charge in [-0.1, -0.05) is 29.8 Å². The van der Waals surface area contributed by atoms with Gasteiger partial charge in [-0.05, 0) is 52.9 Å². The van der Waals surface area contributed by atoms with Crippen molar-refractivity contribution in [2.24, 2.45) is 0 Å². The number of para-hydroxylation sites is 1. The minimum absolute atomic E-state index is 0.158. The second-order valence-corrected chi connectivity index (χ2v) is 6.05. The van der Waals surface area contributed by atoms with Crippen molar-refractivity contribution in [1.29, 1.82) is 0 Å².